The third kappa shape index (κ3) is 6.80. The topological polar surface area (TPSA) is 85.4 Å². The molecule has 8 nitrogen and oxygen atoms in total. The van der Waals surface area contributed by atoms with Crippen molar-refractivity contribution < 1.29 is 28.7 Å². The van der Waals surface area contributed by atoms with Gasteiger partial charge in [0.25, 0.3) is 5.91 Å². The number of hydrogen-bond acceptors (Lipinski definition) is 6. The molecule has 0 saturated heterocycles. The van der Waals surface area contributed by atoms with Crippen LogP contribution in [0.15, 0.2) is 30.3 Å². The number of amides is 2. The minimum atomic E-state index is -0.696. The number of rotatable bonds is 8. The van der Waals surface area contributed by atoms with Crippen molar-refractivity contribution in [3.63, 3.8) is 0 Å². The monoisotopic (exact) mass is 352 g/mol. The molecular formula is C17H24N2O6. The molecule has 0 fully saturated rings. The van der Waals surface area contributed by atoms with E-state index in [1.165, 1.54) is 26.2 Å². The Morgan fingerprint density at radius 1 is 1.12 bits per heavy atom. The van der Waals surface area contributed by atoms with Crippen LogP contribution >= 0.6 is 0 Å². The number of hydroxylamine groups is 2. The predicted octanol–water partition coefficient (Wildman–Crippen LogP) is 1.60. The van der Waals surface area contributed by atoms with Crippen molar-refractivity contribution in [3.05, 3.63) is 35.9 Å². The number of nitrogens with zero attached hydrogens (tertiary/aromatic N) is 2. The summed E-state index contributed by atoms with van der Waals surface area (Å²) in [7, 11) is 4.03. The summed E-state index contributed by atoms with van der Waals surface area (Å²) in [6.45, 7) is 1.42. The molecule has 1 aromatic rings. The van der Waals surface area contributed by atoms with E-state index in [9.17, 15) is 14.4 Å². The van der Waals surface area contributed by atoms with Gasteiger partial charge in [-0.25, -0.2) is 9.86 Å². The predicted molar refractivity (Wildman–Crippen MR) is 89.2 cm³/mol. The van der Waals surface area contributed by atoms with Crippen LogP contribution in [-0.2, 0) is 30.5 Å². The molecule has 0 aromatic heterocycles. The highest BCUT2D eigenvalue weighted by atomic mass is 16.7. The van der Waals surface area contributed by atoms with Gasteiger partial charge in [-0.2, -0.15) is 0 Å². The van der Waals surface area contributed by atoms with E-state index in [2.05, 4.69) is 4.74 Å². The molecule has 0 aliphatic rings. The van der Waals surface area contributed by atoms with Gasteiger partial charge < -0.3 is 9.47 Å². The van der Waals surface area contributed by atoms with Gasteiger partial charge in [-0.15, -0.1) is 0 Å². The van der Waals surface area contributed by atoms with Crippen molar-refractivity contribution in [3.8, 4) is 0 Å². The second kappa shape index (κ2) is 10.3. The average Bonchev–Trinajstić information content (AvgIpc) is 2.63. The lowest BCUT2D eigenvalue weighted by molar-refractivity contribution is -0.170. The number of carbonyl (C=O) groups excluding carboxylic acids is 3. The number of ether oxygens (including phenoxy) is 2. The average molecular weight is 352 g/mol. The van der Waals surface area contributed by atoms with Gasteiger partial charge in [-0.1, -0.05) is 30.3 Å². The molecule has 138 valence electrons. The molecule has 1 aromatic carbocycles. The Hall–Kier alpha value is -2.61. The van der Waals surface area contributed by atoms with E-state index < -0.39 is 24.0 Å². The summed E-state index contributed by atoms with van der Waals surface area (Å²) in [5.41, 5.74) is 0.816. The van der Waals surface area contributed by atoms with Crippen LogP contribution in [0.2, 0.25) is 0 Å². The van der Waals surface area contributed by atoms with Gasteiger partial charge in [0.1, 0.15) is 13.2 Å². The normalized spacial score (nSPS) is 11.4. The molecule has 0 heterocycles. The van der Waals surface area contributed by atoms with E-state index in [-0.39, 0.29) is 19.6 Å². The highest BCUT2D eigenvalue weighted by molar-refractivity contribution is 5.82. The van der Waals surface area contributed by atoms with Crippen LogP contribution in [0, 0.1) is 0 Å². The van der Waals surface area contributed by atoms with Gasteiger partial charge >= 0.3 is 12.1 Å². The van der Waals surface area contributed by atoms with E-state index >= 15 is 0 Å². The lowest BCUT2D eigenvalue weighted by Crippen LogP contribution is -2.46. The zero-order chi connectivity index (χ0) is 18.8. The van der Waals surface area contributed by atoms with Crippen LogP contribution in [0.1, 0.15) is 18.9 Å². The lowest BCUT2D eigenvalue weighted by atomic mass is 10.2. The second-order valence-corrected chi connectivity index (χ2v) is 5.37. The van der Waals surface area contributed by atoms with E-state index in [0.717, 1.165) is 10.6 Å². The molecular weight excluding hydrogens is 328 g/mol. The Bertz CT molecular complexity index is 578. The maximum Gasteiger partial charge on any atom is 0.410 e. The van der Waals surface area contributed by atoms with Crippen molar-refractivity contribution in [2.75, 3.05) is 27.8 Å². The van der Waals surface area contributed by atoms with Crippen LogP contribution in [-0.4, -0.2) is 61.8 Å². The number of benzene rings is 1. The smallest absolute Gasteiger partial charge is 0.410 e. The first-order valence-corrected chi connectivity index (χ1v) is 7.73. The molecule has 0 bridgehead atoms. The van der Waals surface area contributed by atoms with Gasteiger partial charge in [0, 0.05) is 13.1 Å². The standard InChI is InChI=1S/C17H24N2O6/c1-13(10-16(21)23-3)19(11-15(20)18(2)24-4)17(22)25-12-14-8-6-5-7-9-14/h5-9,13H,10-12H2,1-4H3/t13-/m1/s1. The number of likely N-dealkylation sites (N-methyl/N-ethyl adjacent to an activating group) is 1. The largest absolute Gasteiger partial charge is 0.469 e. The third-order valence-electron chi connectivity index (χ3n) is 3.59. The Kier molecular flexibility index (Phi) is 8.42. The fraction of sp³-hybridized carbons (Fsp3) is 0.471. The fourth-order valence-electron chi connectivity index (χ4n) is 1.98. The Labute approximate surface area is 147 Å². The zero-order valence-corrected chi connectivity index (χ0v) is 14.9. The van der Waals surface area contributed by atoms with Crippen LogP contribution in [0.4, 0.5) is 4.79 Å². The highest BCUT2D eigenvalue weighted by Crippen LogP contribution is 2.10. The second-order valence-electron chi connectivity index (χ2n) is 5.37. The molecule has 0 aliphatic heterocycles. The summed E-state index contributed by atoms with van der Waals surface area (Å²) in [5, 5.41) is 1.00. The van der Waals surface area contributed by atoms with Crippen molar-refractivity contribution in [2.45, 2.75) is 26.0 Å². The van der Waals surface area contributed by atoms with Crippen LogP contribution in [0.25, 0.3) is 0 Å². The SMILES string of the molecule is COC(=O)C[C@@H](C)N(CC(=O)N(C)OC)C(=O)OCc1ccccc1. The zero-order valence-electron chi connectivity index (χ0n) is 14.9. The summed E-state index contributed by atoms with van der Waals surface area (Å²) < 4.78 is 9.88. The number of hydrogen-bond donors (Lipinski definition) is 0. The molecule has 25 heavy (non-hydrogen) atoms. The summed E-state index contributed by atoms with van der Waals surface area (Å²) in [6.07, 6.45) is -0.751. The summed E-state index contributed by atoms with van der Waals surface area (Å²) in [5.74, 6) is -0.934. The quantitative estimate of drug-likeness (QED) is 0.522. The molecule has 0 unspecified atom stereocenters. The summed E-state index contributed by atoms with van der Waals surface area (Å²) >= 11 is 0. The first-order chi connectivity index (χ1) is 11.9. The van der Waals surface area contributed by atoms with E-state index in [1.54, 1.807) is 6.92 Å². The summed E-state index contributed by atoms with van der Waals surface area (Å²) in [4.78, 5) is 42.0. The molecule has 1 rings (SSSR count). The Morgan fingerprint density at radius 2 is 1.76 bits per heavy atom. The lowest BCUT2D eigenvalue weighted by Gasteiger charge is -2.28. The maximum atomic E-state index is 12.4. The molecule has 0 N–H and O–H groups in total. The van der Waals surface area contributed by atoms with Gasteiger partial charge in [0.2, 0.25) is 0 Å². The van der Waals surface area contributed by atoms with Gasteiger partial charge in [0.15, 0.2) is 0 Å². The molecule has 0 spiro atoms. The molecule has 0 radical (unpaired) electrons. The van der Waals surface area contributed by atoms with Crippen LogP contribution in [0.3, 0.4) is 0 Å². The number of methoxy groups -OCH3 is 1. The van der Waals surface area contributed by atoms with Crippen molar-refractivity contribution >= 4 is 18.0 Å². The van der Waals surface area contributed by atoms with E-state index in [4.69, 9.17) is 9.57 Å². The van der Waals surface area contributed by atoms with Gasteiger partial charge in [-0.05, 0) is 12.5 Å². The van der Waals surface area contributed by atoms with E-state index in [0.29, 0.717) is 0 Å². The molecule has 0 saturated carbocycles. The molecule has 0 aliphatic carbocycles. The third-order valence-corrected chi connectivity index (χ3v) is 3.59. The number of esters is 1. The Morgan fingerprint density at radius 3 is 2.32 bits per heavy atom. The minimum absolute atomic E-state index is 0.0546. The van der Waals surface area contributed by atoms with Crippen molar-refractivity contribution in [1.82, 2.24) is 9.96 Å². The van der Waals surface area contributed by atoms with Gasteiger partial charge in [0.05, 0.1) is 20.6 Å². The first-order valence-electron chi connectivity index (χ1n) is 7.73. The first kappa shape index (κ1) is 20.4. The van der Waals surface area contributed by atoms with Crippen molar-refractivity contribution in [1.29, 1.82) is 0 Å². The molecule has 8 heteroatoms. The minimum Gasteiger partial charge on any atom is -0.469 e. The summed E-state index contributed by atoms with van der Waals surface area (Å²) in [6, 6.07) is 8.58. The van der Waals surface area contributed by atoms with Crippen LogP contribution in [0.5, 0.6) is 0 Å². The Balaban J connectivity index is 2.78. The maximum absolute atomic E-state index is 12.4. The van der Waals surface area contributed by atoms with Crippen molar-refractivity contribution in [2.24, 2.45) is 0 Å². The fourth-order valence-corrected chi connectivity index (χ4v) is 1.98. The van der Waals surface area contributed by atoms with Crippen LogP contribution < -0.4 is 0 Å². The van der Waals surface area contributed by atoms with Gasteiger partial charge in [-0.3, -0.25) is 19.3 Å². The highest BCUT2D eigenvalue weighted by Gasteiger charge is 2.27. The number of carbonyl (C=O) groups is 3. The molecule has 1 atom stereocenters. The molecule has 2 amide bonds. The van der Waals surface area contributed by atoms with E-state index in [1.807, 2.05) is 30.3 Å².